The van der Waals surface area contributed by atoms with Crippen molar-refractivity contribution in [3.05, 3.63) is 81.4 Å². The molecule has 0 N–H and O–H groups in total. The van der Waals surface area contributed by atoms with Crippen LogP contribution < -0.4 is 0 Å². The maximum atomic E-state index is 13.0. The number of halogens is 4. The number of furan rings is 1. The molecule has 0 radical (unpaired) electrons. The summed E-state index contributed by atoms with van der Waals surface area (Å²) < 4.78 is 44.7. The van der Waals surface area contributed by atoms with Gasteiger partial charge in [-0.2, -0.15) is 13.2 Å². The quantitative estimate of drug-likeness (QED) is 0.431. The molecule has 27 heavy (non-hydrogen) atoms. The maximum Gasteiger partial charge on any atom is 0.417 e. The second-order valence-electron chi connectivity index (χ2n) is 5.83. The number of rotatable bonds is 2. The summed E-state index contributed by atoms with van der Waals surface area (Å²) in [6.45, 7) is 0. The fourth-order valence-corrected chi connectivity index (χ4v) is 4.00. The predicted molar refractivity (Wildman–Crippen MR) is 98.8 cm³/mol. The molecule has 0 saturated carbocycles. The number of benzene rings is 2. The topological polar surface area (TPSA) is 30.2 Å². The SMILES string of the molecule is O=C1C(=Cc2ccc(-c3ccc(Cl)c(C(F)(F)F)c3)o2)Sc2ccccc21. The minimum Gasteiger partial charge on any atom is -0.457 e. The molecule has 0 atom stereocenters. The van der Waals surface area contributed by atoms with Crippen molar-refractivity contribution in [1.82, 2.24) is 0 Å². The van der Waals surface area contributed by atoms with Gasteiger partial charge in [-0.1, -0.05) is 35.5 Å². The predicted octanol–water partition coefficient (Wildman–Crippen LogP) is 6.95. The Labute approximate surface area is 161 Å². The zero-order valence-electron chi connectivity index (χ0n) is 13.5. The standard InChI is InChI=1S/C20H10ClF3O2S/c21-15-7-5-11(9-14(15)20(22,23)24)16-8-6-12(26-16)10-18-19(25)13-3-1-2-4-17(13)27-18/h1-10H. The van der Waals surface area contributed by atoms with E-state index in [0.29, 0.717) is 16.2 Å². The third-order valence-electron chi connectivity index (χ3n) is 4.03. The van der Waals surface area contributed by atoms with Gasteiger partial charge in [-0.05, 0) is 48.5 Å². The van der Waals surface area contributed by atoms with Crippen LogP contribution >= 0.6 is 23.4 Å². The monoisotopic (exact) mass is 406 g/mol. The van der Waals surface area contributed by atoms with Gasteiger partial charge >= 0.3 is 6.18 Å². The number of allylic oxidation sites excluding steroid dienone is 1. The number of hydrogen-bond donors (Lipinski definition) is 0. The largest absolute Gasteiger partial charge is 0.457 e. The van der Waals surface area contributed by atoms with Crippen molar-refractivity contribution in [2.24, 2.45) is 0 Å². The highest BCUT2D eigenvalue weighted by Crippen LogP contribution is 2.41. The highest BCUT2D eigenvalue weighted by molar-refractivity contribution is 8.04. The number of alkyl halides is 3. The number of hydrogen-bond acceptors (Lipinski definition) is 3. The Kier molecular flexibility index (Phi) is 4.40. The van der Waals surface area contributed by atoms with Crippen LogP contribution in [-0.4, -0.2) is 5.78 Å². The van der Waals surface area contributed by atoms with E-state index in [0.717, 1.165) is 11.0 Å². The van der Waals surface area contributed by atoms with Gasteiger partial charge in [0.05, 0.1) is 15.5 Å². The molecule has 0 bridgehead atoms. The van der Waals surface area contributed by atoms with Crippen molar-refractivity contribution in [3.8, 4) is 11.3 Å². The lowest BCUT2D eigenvalue weighted by atomic mass is 10.1. The van der Waals surface area contributed by atoms with Crippen molar-refractivity contribution < 1.29 is 22.4 Å². The van der Waals surface area contributed by atoms with Crippen molar-refractivity contribution in [2.75, 3.05) is 0 Å². The van der Waals surface area contributed by atoms with Gasteiger partial charge in [-0.25, -0.2) is 0 Å². The smallest absolute Gasteiger partial charge is 0.417 e. The Morgan fingerprint density at radius 2 is 1.81 bits per heavy atom. The van der Waals surface area contributed by atoms with E-state index in [4.69, 9.17) is 16.0 Å². The van der Waals surface area contributed by atoms with Crippen molar-refractivity contribution in [2.45, 2.75) is 11.1 Å². The molecule has 136 valence electrons. The van der Waals surface area contributed by atoms with E-state index in [1.165, 1.54) is 23.9 Å². The van der Waals surface area contributed by atoms with E-state index < -0.39 is 11.7 Å². The minimum absolute atomic E-state index is 0.0978. The maximum absolute atomic E-state index is 13.0. The van der Waals surface area contributed by atoms with Crippen LogP contribution in [0.3, 0.4) is 0 Å². The van der Waals surface area contributed by atoms with Gasteiger partial charge in [0, 0.05) is 16.0 Å². The van der Waals surface area contributed by atoms with Crippen LogP contribution in [0.25, 0.3) is 17.4 Å². The highest BCUT2D eigenvalue weighted by atomic mass is 35.5. The Hall–Kier alpha value is -2.44. The van der Waals surface area contributed by atoms with Gasteiger partial charge in [-0.3, -0.25) is 4.79 Å². The summed E-state index contributed by atoms with van der Waals surface area (Å²) in [5.74, 6) is 0.550. The normalized spacial score (nSPS) is 15.4. The van der Waals surface area contributed by atoms with E-state index in [-0.39, 0.29) is 22.1 Å². The van der Waals surface area contributed by atoms with Crippen LogP contribution in [0.1, 0.15) is 21.7 Å². The van der Waals surface area contributed by atoms with E-state index in [1.807, 2.05) is 12.1 Å². The third-order valence-corrected chi connectivity index (χ3v) is 5.46. The van der Waals surface area contributed by atoms with Gasteiger partial charge in [-0.15, -0.1) is 0 Å². The molecular formula is C20H10ClF3O2S. The van der Waals surface area contributed by atoms with E-state index >= 15 is 0 Å². The lowest BCUT2D eigenvalue weighted by Crippen LogP contribution is -2.05. The molecule has 3 aromatic rings. The van der Waals surface area contributed by atoms with E-state index in [9.17, 15) is 18.0 Å². The Balaban J connectivity index is 1.65. The lowest BCUT2D eigenvalue weighted by Gasteiger charge is -2.09. The zero-order valence-corrected chi connectivity index (χ0v) is 15.1. The molecular weight excluding hydrogens is 397 g/mol. The summed E-state index contributed by atoms with van der Waals surface area (Å²) in [7, 11) is 0. The fraction of sp³-hybridized carbons (Fsp3) is 0.0500. The molecule has 2 heterocycles. The van der Waals surface area contributed by atoms with Gasteiger partial charge in [0.1, 0.15) is 11.5 Å². The number of ketones is 1. The van der Waals surface area contributed by atoms with E-state index in [2.05, 4.69) is 0 Å². The number of carbonyl (C=O) groups is 1. The second kappa shape index (κ2) is 6.62. The zero-order chi connectivity index (χ0) is 19.2. The molecule has 7 heteroatoms. The summed E-state index contributed by atoms with van der Waals surface area (Å²) in [6.07, 6.45) is -2.96. The fourth-order valence-electron chi connectivity index (χ4n) is 2.75. The molecule has 4 rings (SSSR count). The number of fused-ring (bicyclic) bond motifs is 1. The van der Waals surface area contributed by atoms with Gasteiger partial charge in [0.15, 0.2) is 0 Å². The lowest BCUT2D eigenvalue weighted by molar-refractivity contribution is -0.137. The third kappa shape index (κ3) is 3.42. The molecule has 0 aliphatic carbocycles. The van der Waals surface area contributed by atoms with Crippen molar-refractivity contribution in [3.63, 3.8) is 0 Å². The molecule has 0 spiro atoms. The number of carbonyl (C=O) groups excluding carboxylic acids is 1. The molecule has 1 aromatic heterocycles. The average molecular weight is 407 g/mol. The van der Waals surface area contributed by atoms with Gasteiger partial charge < -0.3 is 4.42 Å². The number of Topliss-reactive ketones (excluding diaryl/α,β-unsaturated/α-hetero) is 1. The molecule has 0 unspecified atom stereocenters. The van der Waals surface area contributed by atoms with Crippen LogP contribution in [0.5, 0.6) is 0 Å². The summed E-state index contributed by atoms with van der Waals surface area (Å²) >= 11 is 6.98. The van der Waals surface area contributed by atoms with Crippen molar-refractivity contribution in [1.29, 1.82) is 0 Å². The molecule has 1 aliphatic rings. The Bertz CT molecular complexity index is 1080. The molecule has 0 amide bonds. The van der Waals surface area contributed by atoms with Crippen LogP contribution in [0, 0.1) is 0 Å². The molecule has 0 fully saturated rings. The minimum atomic E-state index is -4.55. The first-order valence-corrected chi connectivity index (χ1v) is 9.02. The summed E-state index contributed by atoms with van der Waals surface area (Å²) in [4.78, 5) is 13.8. The Morgan fingerprint density at radius 3 is 2.56 bits per heavy atom. The average Bonchev–Trinajstić information content (AvgIpc) is 3.20. The molecule has 1 aliphatic heterocycles. The Morgan fingerprint density at radius 1 is 1.04 bits per heavy atom. The van der Waals surface area contributed by atoms with Gasteiger partial charge in [0.2, 0.25) is 5.78 Å². The van der Waals surface area contributed by atoms with Crippen LogP contribution in [0.4, 0.5) is 13.2 Å². The first-order chi connectivity index (χ1) is 12.8. The van der Waals surface area contributed by atoms with Crippen LogP contribution in [0.2, 0.25) is 5.02 Å². The summed E-state index contributed by atoms with van der Waals surface area (Å²) in [5, 5.41) is -0.370. The second-order valence-corrected chi connectivity index (χ2v) is 7.32. The van der Waals surface area contributed by atoms with Crippen LogP contribution in [-0.2, 0) is 6.18 Å². The number of thioether (sulfide) groups is 1. The van der Waals surface area contributed by atoms with Gasteiger partial charge in [0.25, 0.3) is 0 Å². The first-order valence-electron chi connectivity index (χ1n) is 7.83. The molecule has 0 saturated heterocycles. The summed E-state index contributed by atoms with van der Waals surface area (Å²) in [6, 6.07) is 14.0. The van der Waals surface area contributed by atoms with Crippen LogP contribution in [0.15, 0.2) is 68.8 Å². The first kappa shape index (κ1) is 17.9. The summed E-state index contributed by atoms with van der Waals surface area (Å²) in [5.41, 5.74) is -0.0342. The van der Waals surface area contributed by atoms with Crippen molar-refractivity contribution >= 4 is 35.2 Å². The highest BCUT2D eigenvalue weighted by Gasteiger charge is 2.33. The molecule has 2 aromatic carbocycles. The van der Waals surface area contributed by atoms with E-state index in [1.54, 1.807) is 30.3 Å². The molecule has 2 nitrogen and oxygen atoms in total.